The molecule has 1 aliphatic heterocycles. The first-order valence-electron chi connectivity index (χ1n) is 11.0. The van der Waals surface area contributed by atoms with E-state index in [-0.39, 0.29) is 12.0 Å². The third-order valence-electron chi connectivity index (χ3n) is 5.76. The molecule has 2 N–H and O–H groups in total. The first-order chi connectivity index (χ1) is 13.7. The lowest BCUT2D eigenvalue weighted by molar-refractivity contribution is -0.135. The normalized spacial score (nSPS) is 22.3. The highest BCUT2D eigenvalue weighted by molar-refractivity contribution is 5.81. The van der Waals surface area contributed by atoms with Crippen LogP contribution in [-0.4, -0.2) is 58.8 Å². The molecular weight excluding hydrogens is 352 g/mol. The zero-order valence-electron chi connectivity index (χ0n) is 17.4. The van der Waals surface area contributed by atoms with Gasteiger partial charge in [-0.15, -0.1) is 0 Å². The maximum atomic E-state index is 12.8. The zero-order valence-corrected chi connectivity index (χ0v) is 17.4. The Balaban J connectivity index is 1.47. The van der Waals surface area contributed by atoms with Crippen molar-refractivity contribution in [1.29, 1.82) is 0 Å². The average molecular weight is 389 g/mol. The lowest BCUT2D eigenvalue weighted by Gasteiger charge is -2.26. The molecule has 2 atom stereocenters. The van der Waals surface area contributed by atoms with Crippen LogP contribution in [0.4, 0.5) is 0 Å². The first kappa shape index (κ1) is 20.7. The molecule has 1 saturated carbocycles. The number of guanidine groups is 1. The predicted octanol–water partition coefficient (Wildman–Crippen LogP) is 2.26. The van der Waals surface area contributed by atoms with Crippen LogP contribution in [0.2, 0.25) is 0 Å². The Morgan fingerprint density at radius 2 is 2.11 bits per heavy atom. The summed E-state index contributed by atoms with van der Waals surface area (Å²) in [6, 6.07) is 2.23. The Hall–Kier alpha value is -2.05. The number of hydrogen-bond donors (Lipinski definition) is 2. The molecule has 1 aliphatic carbocycles. The fourth-order valence-electron chi connectivity index (χ4n) is 4.23. The summed E-state index contributed by atoms with van der Waals surface area (Å²) in [5.74, 6) is 1.89. The number of likely N-dealkylation sites (tertiary alicyclic amines) is 1. The number of amides is 1. The SMILES string of the molecule is CCNC(=NCC(C)Cn1cccn1)NC1CCN(C(=O)C2CCCCC2)C1. The smallest absolute Gasteiger partial charge is 0.225 e. The molecule has 2 heterocycles. The molecule has 7 nitrogen and oxygen atoms in total. The van der Waals surface area contributed by atoms with Crippen LogP contribution in [0.5, 0.6) is 0 Å². The number of carbonyl (C=O) groups is 1. The van der Waals surface area contributed by atoms with Gasteiger partial charge in [0.25, 0.3) is 0 Å². The summed E-state index contributed by atoms with van der Waals surface area (Å²) >= 11 is 0. The minimum Gasteiger partial charge on any atom is -0.357 e. The molecule has 3 rings (SSSR count). The number of hydrogen-bond acceptors (Lipinski definition) is 3. The number of carbonyl (C=O) groups excluding carboxylic acids is 1. The highest BCUT2D eigenvalue weighted by Crippen LogP contribution is 2.26. The molecule has 0 radical (unpaired) electrons. The third kappa shape index (κ3) is 5.97. The number of aromatic nitrogens is 2. The molecule has 2 aliphatic rings. The van der Waals surface area contributed by atoms with Crippen LogP contribution in [0.3, 0.4) is 0 Å². The van der Waals surface area contributed by atoms with Crippen LogP contribution >= 0.6 is 0 Å². The van der Waals surface area contributed by atoms with Crippen LogP contribution in [-0.2, 0) is 11.3 Å². The summed E-state index contributed by atoms with van der Waals surface area (Å²) in [5, 5.41) is 11.2. The van der Waals surface area contributed by atoms with Crippen LogP contribution in [0.1, 0.15) is 52.4 Å². The van der Waals surface area contributed by atoms with Crippen LogP contribution < -0.4 is 10.6 Å². The second kappa shape index (κ2) is 10.5. The highest BCUT2D eigenvalue weighted by atomic mass is 16.2. The van der Waals surface area contributed by atoms with Crippen molar-refractivity contribution in [3.8, 4) is 0 Å². The summed E-state index contributed by atoms with van der Waals surface area (Å²) in [4.78, 5) is 19.6. The molecule has 2 fully saturated rings. The molecule has 1 aromatic rings. The molecule has 2 unspecified atom stereocenters. The van der Waals surface area contributed by atoms with Gasteiger partial charge in [-0.1, -0.05) is 26.2 Å². The van der Waals surface area contributed by atoms with Crippen molar-refractivity contribution < 1.29 is 4.79 Å². The quantitative estimate of drug-likeness (QED) is 0.555. The van der Waals surface area contributed by atoms with Crippen molar-refractivity contribution in [2.75, 3.05) is 26.2 Å². The van der Waals surface area contributed by atoms with Crippen molar-refractivity contribution in [3.05, 3.63) is 18.5 Å². The molecular formula is C21H36N6O. The van der Waals surface area contributed by atoms with E-state index in [1.807, 2.05) is 23.1 Å². The summed E-state index contributed by atoms with van der Waals surface area (Å²) < 4.78 is 1.95. The number of nitrogens with one attached hydrogen (secondary N) is 2. The van der Waals surface area contributed by atoms with Crippen molar-refractivity contribution >= 4 is 11.9 Å². The van der Waals surface area contributed by atoms with Gasteiger partial charge in [0, 0.05) is 57.1 Å². The molecule has 1 saturated heterocycles. The molecule has 0 spiro atoms. The Labute approximate surface area is 169 Å². The van der Waals surface area contributed by atoms with Gasteiger partial charge in [0.15, 0.2) is 5.96 Å². The zero-order chi connectivity index (χ0) is 19.8. The lowest BCUT2D eigenvalue weighted by atomic mass is 9.88. The second-order valence-corrected chi connectivity index (χ2v) is 8.30. The largest absolute Gasteiger partial charge is 0.357 e. The minimum atomic E-state index is 0.262. The molecule has 28 heavy (non-hydrogen) atoms. The van der Waals surface area contributed by atoms with E-state index in [0.29, 0.717) is 11.8 Å². The van der Waals surface area contributed by atoms with E-state index < -0.39 is 0 Å². The lowest BCUT2D eigenvalue weighted by Crippen LogP contribution is -2.45. The van der Waals surface area contributed by atoms with Crippen molar-refractivity contribution in [2.45, 2.75) is 65.0 Å². The van der Waals surface area contributed by atoms with Gasteiger partial charge < -0.3 is 15.5 Å². The van der Waals surface area contributed by atoms with Gasteiger partial charge in [-0.2, -0.15) is 5.10 Å². The van der Waals surface area contributed by atoms with Gasteiger partial charge in [-0.05, 0) is 38.2 Å². The fraction of sp³-hybridized carbons (Fsp3) is 0.762. The molecule has 1 aromatic heterocycles. The van der Waals surface area contributed by atoms with Crippen LogP contribution in [0.25, 0.3) is 0 Å². The van der Waals surface area contributed by atoms with Crippen LogP contribution in [0, 0.1) is 11.8 Å². The van der Waals surface area contributed by atoms with E-state index in [0.717, 1.165) is 57.9 Å². The van der Waals surface area contributed by atoms with Gasteiger partial charge in [0.2, 0.25) is 5.91 Å². The van der Waals surface area contributed by atoms with Crippen molar-refractivity contribution in [2.24, 2.45) is 16.8 Å². The second-order valence-electron chi connectivity index (χ2n) is 8.30. The van der Waals surface area contributed by atoms with Crippen LogP contribution in [0.15, 0.2) is 23.5 Å². The van der Waals surface area contributed by atoms with E-state index in [1.54, 1.807) is 0 Å². The molecule has 7 heteroatoms. The average Bonchev–Trinajstić information content (AvgIpc) is 3.38. The first-order valence-corrected chi connectivity index (χ1v) is 11.0. The Morgan fingerprint density at radius 3 is 2.82 bits per heavy atom. The topological polar surface area (TPSA) is 74.6 Å². The van der Waals surface area contributed by atoms with E-state index >= 15 is 0 Å². The highest BCUT2D eigenvalue weighted by Gasteiger charge is 2.31. The Bertz CT molecular complexity index is 623. The summed E-state index contributed by atoms with van der Waals surface area (Å²) in [6.45, 7) is 8.37. The Kier molecular flexibility index (Phi) is 7.74. The molecule has 0 aromatic carbocycles. The molecule has 156 valence electrons. The molecule has 0 bridgehead atoms. The number of nitrogens with zero attached hydrogens (tertiary/aromatic N) is 4. The fourth-order valence-corrected chi connectivity index (χ4v) is 4.23. The summed E-state index contributed by atoms with van der Waals surface area (Å²) in [7, 11) is 0. The van der Waals surface area contributed by atoms with E-state index in [4.69, 9.17) is 4.99 Å². The van der Waals surface area contributed by atoms with Crippen molar-refractivity contribution in [1.82, 2.24) is 25.3 Å². The number of aliphatic imine (C=N–C) groups is 1. The van der Waals surface area contributed by atoms with Gasteiger partial charge in [-0.25, -0.2) is 0 Å². The standard InChI is InChI=1S/C21H36N6O/c1-3-22-21(23-14-17(2)15-27-12-7-11-24-27)25-19-10-13-26(16-19)20(28)18-8-5-4-6-9-18/h7,11-12,17-19H,3-6,8-10,13-16H2,1-2H3,(H2,22,23,25). The van der Waals surface area contributed by atoms with Gasteiger partial charge >= 0.3 is 0 Å². The Morgan fingerprint density at radius 1 is 1.29 bits per heavy atom. The maximum Gasteiger partial charge on any atom is 0.225 e. The molecule has 1 amide bonds. The number of rotatable bonds is 7. The summed E-state index contributed by atoms with van der Waals surface area (Å²) in [5.41, 5.74) is 0. The van der Waals surface area contributed by atoms with E-state index in [9.17, 15) is 4.79 Å². The predicted molar refractivity (Wildman–Crippen MR) is 112 cm³/mol. The van der Waals surface area contributed by atoms with Gasteiger partial charge in [-0.3, -0.25) is 14.5 Å². The third-order valence-corrected chi connectivity index (χ3v) is 5.76. The van der Waals surface area contributed by atoms with Gasteiger partial charge in [0.1, 0.15) is 0 Å². The maximum absolute atomic E-state index is 12.8. The van der Waals surface area contributed by atoms with Gasteiger partial charge in [0.05, 0.1) is 0 Å². The summed E-state index contributed by atoms with van der Waals surface area (Å²) in [6.07, 6.45) is 10.6. The van der Waals surface area contributed by atoms with E-state index in [2.05, 4.69) is 34.5 Å². The van der Waals surface area contributed by atoms with E-state index in [1.165, 1.54) is 19.3 Å². The van der Waals surface area contributed by atoms with Crippen molar-refractivity contribution in [3.63, 3.8) is 0 Å². The monoisotopic (exact) mass is 388 g/mol. The minimum absolute atomic E-state index is 0.262.